The van der Waals surface area contributed by atoms with E-state index < -0.39 is 5.97 Å². The number of carbonyl (C=O) groups excluding carboxylic acids is 1. The van der Waals surface area contributed by atoms with Gasteiger partial charge in [0.15, 0.2) is 0 Å². The third-order valence-corrected chi connectivity index (χ3v) is 3.97. The Labute approximate surface area is 119 Å². The lowest BCUT2D eigenvalue weighted by molar-refractivity contribution is -0.120. The molecule has 0 heterocycles. The molecule has 1 saturated carbocycles. The van der Waals surface area contributed by atoms with Crippen molar-refractivity contribution in [2.24, 2.45) is 5.92 Å². The van der Waals surface area contributed by atoms with Crippen LogP contribution in [0, 0.1) is 12.8 Å². The van der Waals surface area contributed by atoms with E-state index in [4.69, 9.17) is 5.11 Å². The molecule has 1 aliphatic carbocycles. The first-order valence-electron chi connectivity index (χ1n) is 7.23. The quantitative estimate of drug-likeness (QED) is 0.828. The largest absolute Gasteiger partial charge is 0.478 e. The fourth-order valence-electron chi connectivity index (χ4n) is 2.67. The van der Waals surface area contributed by atoms with E-state index in [-0.39, 0.29) is 17.4 Å². The van der Waals surface area contributed by atoms with Crippen molar-refractivity contribution in [2.45, 2.75) is 45.4 Å². The Morgan fingerprint density at radius 3 is 2.40 bits per heavy atom. The van der Waals surface area contributed by atoms with Crippen molar-refractivity contribution >= 4 is 17.6 Å². The lowest BCUT2D eigenvalue weighted by Crippen LogP contribution is -2.23. The molecule has 0 saturated heterocycles. The summed E-state index contributed by atoms with van der Waals surface area (Å²) in [5.74, 6) is -0.891. The van der Waals surface area contributed by atoms with Crippen LogP contribution in [-0.4, -0.2) is 17.0 Å². The van der Waals surface area contributed by atoms with Gasteiger partial charge < -0.3 is 10.4 Å². The van der Waals surface area contributed by atoms with Crippen molar-refractivity contribution in [1.82, 2.24) is 0 Å². The standard InChI is InChI=1S/C16H21NO3/c1-11-8-9-13(16(19)20)10-14(11)17-15(18)12-6-4-2-3-5-7-12/h8-10,12H,2-7H2,1H3,(H,17,18)(H,19,20). The highest BCUT2D eigenvalue weighted by molar-refractivity contribution is 5.95. The van der Waals surface area contributed by atoms with Crippen molar-refractivity contribution in [1.29, 1.82) is 0 Å². The Hall–Kier alpha value is -1.84. The van der Waals surface area contributed by atoms with Crippen LogP contribution in [0.25, 0.3) is 0 Å². The molecular weight excluding hydrogens is 254 g/mol. The van der Waals surface area contributed by atoms with Gasteiger partial charge in [-0.05, 0) is 37.5 Å². The van der Waals surface area contributed by atoms with Gasteiger partial charge in [-0.2, -0.15) is 0 Å². The van der Waals surface area contributed by atoms with Gasteiger partial charge in [0, 0.05) is 11.6 Å². The van der Waals surface area contributed by atoms with Gasteiger partial charge in [0.2, 0.25) is 5.91 Å². The van der Waals surface area contributed by atoms with Crippen LogP contribution >= 0.6 is 0 Å². The number of amides is 1. The highest BCUT2D eigenvalue weighted by Gasteiger charge is 2.20. The van der Waals surface area contributed by atoms with Crippen molar-refractivity contribution in [3.63, 3.8) is 0 Å². The number of carboxylic acids is 1. The number of nitrogens with one attached hydrogen (secondary N) is 1. The maximum Gasteiger partial charge on any atom is 0.335 e. The van der Waals surface area contributed by atoms with Gasteiger partial charge in [-0.15, -0.1) is 0 Å². The summed E-state index contributed by atoms with van der Waals surface area (Å²) in [6, 6.07) is 4.82. The molecule has 0 bridgehead atoms. The fraction of sp³-hybridized carbons (Fsp3) is 0.500. The molecule has 4 heteroatoms. The molecule has 4 nitrogen and oxygen atoms in total. The molecular formula is C16H21NO3. The van der Waals surface area contributed by atoms with Crippen LogP contribution in [0.3, 0.4) is 0 Å². The number of hydrogen-bond donors (Lipinski definition) is 2. The lowest BCUT2D eigenvalue weighted by Gasteiger charge is -2.15. The molecule has 1 amide bonds. The molecule has 1 aromatic carbocycles. The SMILES string of the molecule is Cc1ccc(C(=O)O)cc1NC(=O)C1CCCCCC1. The van der Waals surface area contributed by atoms with Crippen LogP contribution in [-0.2, 0) is 4.79 Å². The monoisotopic (exact) mass is 275 g/mol. The van der Waals surface area contributed by atoms with Gasteiger partial charge >= 0.3 is 5.97 Å². The van der Waals surface area contributed by atoms with Gasteiger partial charge in [-0.3, -0.25) is 4.79 Å². The predicted molar refractivity (Wildman–Crippen MR) is 78.0 cm³/mol. The second-order valence-corrected chi connectivity index (χ2v) is 5.51. The summed E-state index contributed by atoms with van der Waals surface area (Å²) in [6.45, 7) is 1.87. The van der Waals surface area contributed by atoms with Crippen LogP contribution in [0.1, 0.15) is 54.4 Å². The van der Waals surface area contributed by atoms with Crippen molar-refractivity contribution in [3.8, 4) is 0 Å². The summed E-state index contributed by atoms with van der Waals surface area (Å²) in [5, 5.41) is 11.9. The molecule has 2 rings (SSSR count). The van der Waals surface area contributed by atoms with Gasteiger partial charge in [0.25, 0.3) is 0 Å². The Kier molecular flexibility index (Phi) is 4.77. The first-order chi connectivity index (χ1) is 9.58. The molecule has 0 aromatic heterocycles. The van der Waals surface area contributed by atoms with Gasteiger partial charge in [0.1, 0.15) is 0 Å². The molecule has 20 heavy (non-hydrogen) atoms. The summed E-state index contributed by atoms with van der Waals surface area (Å²) in [6.07, 6.45) is 6.49. The van der Waals surface area contributed by atoms with Crippen molar-refractivity contribution < 1.29 is 14.7 Å². The van der Waals surface area contributed by atoms with E-state index in [0.29, 0.717) is 5.69 Å². The Morgan fingerprint density at radius 2 is 1.80 bits per heavy atom. The number of aryl methyl sites for hydroxylation is 1. The molecule has 2 N–H and O–H groups in total. The number of carbonyl (C=O) groups is 2. The number of benzene rings is 1. The van der Waals surface area contributed by atoms with Crippen LogP contribution < -0.4 is 5.32 Å². The van der Waals surface area contributed by atoms with Crippen LogP contribution in [0.5, 0.6) is 0 Å². The molecule has 0 radical (unpaired) electrons. The Morgan fingerprint density at radius 1 is 1.15 bits per heavy atom. The smallest absolute Gasteiger partial charge is 0.335 e. The van der Waals surface area contributed by atoms with Crippen LogP contribution in [0.2, 0.25) is 0 Å². The third-order valence-electron chi connectivity index (χ3n) is 3.97. The summed E-state index contributed by atoms with van der Waals surface area (Å²) in [4.78, 5) is 23.3. The molecule has 0 unspecified atom stereocenters. The highest BCUT2D eigenvalue weighted by atomic mass is 16.4. The predicted octanol–water partition coefficient (Wildman–Crippen LogP) is 3.60. The van der Waals surface area contributed by atoms with Crippen LogP contribution in [0.15, 0.2) is 18.2 Å². The number of hydrogen-bond acceptors (Lipinski definition) is 2. The molecule has 108 valence electrons. The Bertz CT molecular complexity index is 502. The normalized spacial score (nSPS) is 16.4. The summed E-state index contributed by atoms with van der Waals surface area (Å²) < 4.78 is 0. The zero-order valence-electron chi connectivity index (χ0n) is 11.8. The van der Waals surface area contributed by atoms with E-state index in [0.717, 1.165) is 31.2 Å². The van der Waals surface area contributed by atoms with E-state index in [1.54, 1.807) is 12.1 Å². The molecule has 0 spiro atoms. The van der Waals surface area contributed by atoms with E-state index in [2.05, 4.69) is 5.32 Å². The average Bonchev–Trinajstić information content (AvgIpc) is 2.70. The minimum Gasteiger partial charge on any atom is -0.478 e. The van der Waals surface area contributed by atoms with Gasteiger partial charge in [-0.25, -0.2) is 4.79 Å². The summed E-state index contributed by atoms with van der Waals surface area (Å²) >= 11 is 0. The summed E-state index contributed by atoms with van der Waals surface area (Å²) in [7, 11) is 0. The third kappa shape index (κ3) is 3.59. The van der Waals surface area contributed by atoms with E-state index in [9.17, 15) is 9.59 Å². The van der Waals surface area contributed by atoms with E-state index in [1.807, 2.05) is 6.92 Å². The molecule has 0 aliphatic heterocycles. The number of carboxylic acid groups (broad SMARTS) is 1. The lowest BCUT2D eigenvalue weighted by atomic mass is 9.99. The van der Waals surface area contributed by atoms with Crippen molar-refractivity contribution in [3.05, 3.63) is 29.3 Å². The highest BCUT2D eigenvalue weighted by Crippen LogP contribution is 2.25. The Balaban J connectivity index is 2.10. The average molecular weight is 275 g/mol. The zero-order valence-corrected chi connectivity index (χ0v) is 11.8. The number of rotatable bonds is 3. The molecule has 1 aromatic rings. The second-order valence-electron chi connectivity index (χ2n) is 5.51. The van der Waals surface area contributed by atoms with Crippen molar-refractivity contribution in [2.75, 3.05) is 5.32 Å². The van der Waals surface area contributed by atoms with Gasteiger partial charge in [0.05, 0.1) is 5.56 Å². The van der Waals surface area contributed by atoms with Crippen LogP contribution in [0.4, 0.5) is 5.69 Å². The minimum atomic E-state index is -0.977. The first kappa shape index (κ1) is 14.6. The second kappa shape index (κ2) is 6.55. The number of anilines is 1. The van der Waals surface area contributed by atoms with E-state index >= 15 is 0 Å². The fourth-order valence-corrected chi connectivity index (χ4v) is 2.67. The number of aromatic carboxylic acids is 1. The topological polar surface area (TPSA) is 66.4 Å². The molecule has 1 aliphatic rings. The first-order valence-corrected chi connectivity index (χ1v) is 7.23. The minimum absolute atomic E-state index is 0.0255. The molecule has 1 fully saturated rings. The van der Waals surface area contributed by atoms with Gasteiger partial charge in [-0.1, -0.05) is 31.7 Å². The summed E-state index contributed by atoms with van der Waals surface area (Å²) in [5.41, 5.74) is 1.70. The maximum atomic E-state index is 12.3. The zero-order chi connectivity index (χ0) is 14.5. The van der Waals surface area contributed by atoms with E-state index in [1.165, 1.54) is 18.9 Å². The maximum absolute atomic E-state index is 12.3. The molecule has 0 atom stereocenters.